The van der Waals surface area contributed by atoms with Crippen molar-refractivity contribution in [2.75, 3.05) is 18.8 Å². The normalized spacial score (nSPS) is 22.8. The van der Waals surface area contributed by atoms with E-state index in [1.54, 1.807) is 10.4 Å². The van der Waals surface area contributed by atoms with Crippen LogP contribution in [0.4, 0.5) is 0 Å². The van der Waals surface area contributed by atoms with Crippen LogP contribution in [0, 0.1) is 17.2 Å². The van der Waals surface area contributed by atoms with E-state index in [1.807, 2.05) is 6.07 Å². The number of rotatable bonds is 3. The summed E-state index contributed by atoms with van der Waals surface area (Å²) in [5.41, 5.74) is 1.07. The number of nitrogens with zero attached hydrogens (tertiary/aromatic N) is 2. The second-order valence-electron chi connectivity index (χ2n) is 4.55. The van der Waals surface area contributed by atoms with E-state index in [0.29, 0.717) is 37.6 Å². The van der Waals surface area contributed by atoms with Gasteiger partial charge in [-0.3, -0.25) is 0 Å². The summed E-state index contributed by atoms with van der Waals surface area (Å²) in [5.74, 6) is 0.727. The van der Waals surface area contributed by atoms with E-state index >= 15 is 0 Å². The molecular formula is C11H16N2O2S. The maximum atomic E-state index is 11.9. The van der Waals surface area contributed by atoms with Crippen molar-refractivity contribution in [3.05, 3.63) is 11.6 Å². The van der Waals surface area contributed by atoms with E-state index in [-0.39, 0.29) is 0 Å². The second kappa shape index (κ2) is 4.56. The molecule has 0 aromatic heterocycles. The van der Waals surface area contributed by atoms with Crippen molar-refractivity contribution >= 4 is 10.0 Å². The Morgan fingerprint density at radius 2 is 2.00 bits per heavy atom. The molecule has 0 N–H and O–H groups in total. The fraction of sp³-hybridized carbons (Fsp3) is 0.727. The van der Waals surface area contributed by atoms with Crippen LogP contribution in [0.15, 0.2) is 11.6 Å². The molecule has 1 saturated carbocycles. The van der Waals surface area contributed by atoms with Crippen LogP contribution in [-0.2, 0) is 10.0 Å². The highest BCUT2D eigenvalue weighted by atomic mass is 32.2. The monoisotopic (exact) mass is 240 g/mol. The highest BCUT2D eigenvalue weighted by Gasteiger charge is 2.32. The molecule has 88 valence electrons. The van der Waals surface area contributed by atoms with Gasteiger partial charge in [0.15, 0.2) is 0 Å². The molecule has 0 unspecified atom stereocenters. The number of hydrogen-bond donors (Lipinski definition) is 0. The third-order valence-electron chi connectivity index (χ3n) is 3.17. The van der Waals surface area contributed by atoms with Gasteiger partial charge in [0.05, 0.1) is 11.8 Å². The van der Waals surface area contributed by atoms with Crippen LogP contribution in [0.1, 0.15) is 25.7 Å². The van der Waals surface area contributed by atoms with Gasteiger partial charge in [-0.25, -0.2) is 12.7 Å². The topological polar surface area (TPSA) is 61.2 Å². The lowest BCUT2D eigenvalue weighted by molar-refractivity contribution is 0.386. The Morgan fingerprint density at radius 3 is 2.50 bits per heavy atom. The Hall–Kier alpha value is -0.860. The van der Waals surface area contributed by atoms with Gasteiger partial charge in [-0.2, -0.15) is 5.26 Å². The van der Waals surface area contributed by atoms with Crippen molar-refractivity contribution in [2.45, 2.75) is 25.7 Å². The molecule has 2 fully saturated rings. The van der Waals surface area contributed by atoms with Crippen LogP contribution in [0.5, 0.6) is 0 Å². The quantitative estimate of drug-likeness (QED) is 0.698. The van der Waals surface area contributed by atoms with Gasteiger partial charge in [0.1, 0.15) is 0 Å². The van der Waals surface area contributed by atoms with Gasteiger partial charge in [0, 0.05) is 19.2 Å². The van der Waals surface area contributed by atoms with Crippen molar-refractivity contribution in [3.63, 3.8) is 0 Å². The molecule has 0 aromatic carbocycles. The van der Waals surface area contributed by atoms with Crippen LogP contribution in [0.2, 0.25) is 0 Å². The summed E-state index contributed by atoms with van der Waals surface area (Å²) in [6.45, 7) is 1.09. The first-order valence-corrected chi connectivity index (χ1v) is 7.28. The summed E-state index contributed by atoms with van der Waals surface area (Å²) >= 11 is 0. The van der Waals surface area contributed by atoms with E-state index in [2.05, 4.69) is 0 Å². The largest absolute Gasteiger partial charge is 0.214 e. The van der Waals surface area contributed by atoms with Gasteiger partial charge in [0.2, 0.25) is 10.0 Å². The maximum Gasteiger partial charge on any atom is 0.214 e. The second-order valence-corrected chi connectivity index (χ2v) is 6.57. The van der Waals surface area contributed by atoms with Crippen molar-refractivity contribution in [1.82, 2.24) is 4.31 Å². The first kappa shape index (κ1) is 11.6. The molecule has 0 aromatic rings. The molecule has 2 rings (SSSR count). The Morgan fingerprint density at radius 1 is 1.38 bits per heavy atom. The number of hydrogen-bond acceptors (Lipinski definition) is 3. The number of nitriles is 1. The van der Waals surface area contributed by atoms with Crippen LogP contribution in [-0.4, -0.2) is 31.6 Å². The first-order chi connectivity index (χ1) is 7.62. The smallest absolute Gasteiger partial charge is 0.212 e. The minimum absolute atomic E-state index is 0.324. The molecule has 16 heavy (non-hydrogen) atoms. The molecule has 1 heterocycles. The van der Waals surface area contributed by atoms with Crippen LogP contribution in [0.25, 0.3) is 0 Å². The predicted octanol–water partition coefficient (Wildman–Crippen LogP) is 1.27. The number of piperidine rings is 1. The number of allylic oxidation sites excluding steroid dienone is 1. The standard InChI is InChI=1S/C11H16N2O2S/c12-6-3-10-4-7-13(8-5-10)16(14,15)9-11-1-2-11/h3,11H,1-2,4-5,7-9H2. The Balaban J connectivity index is 1.93. The highest BCUT2D eigenvalue weighted by molar-refractivity contribution is 7.89. The third-order valence-corrected chi connectivity index (χ3v) is 5.21. The lowest BCUT2D eigenvalue weighted by atomic mass is 10.1. The van der Waals surface area contributed by atoms with E-state index in [1.165, 1.54) is 0 Å². The van der Waals surface area contributed by atoms with Crippen LogP contribution < -0.4 is 0 Å². The molecule has 1 saturated heterocycles. The molecule has 2 aliphatic rings. The van der Waals surface area contributed by atoms with E-state index in [9.17, 15) is 8.42 Å². The Labute approximate surface area is 96.6 Å². The molecule has 1 aliphatic heterocycles. The van der Waals surface area contributed by atoms with Crippen molar-refractivity contribution in [1.29, 1.82) is 5.26 Å². The zero-order chi connectivity index (χ0) is 11.6. The van der Waals surface area contributed by atoms with E-state index in [4.69, 9.17) is 5.26 Å². The van der Waals surface area contributed by atoms with Gasteiger partial charge in [0.25, 0.3) is 0 Å². The predicted molar refractivity (Wildman–Crippen MR) is 61.0 cm³/mol. The molecule has 0 spiro atoms. The minimum Gasteiger partial charge on any atom is -0.212 e. The summed E-state index contributed by atoms with van der Waals surface area (Å²) < 4.78 is 25.5. The maximum absolute atomic E-state index is 11.9. The molecule has 5 heteroatoms. The van der Waals surface area contributed by atoms with Gasteiger partial charge in [-0.15, -0.1) is 0 Å². The lowest BCUT2D eigenvalue weighted by Gasteiger charge is -2.27. The SMILES string of the molecule is N#CC=C1CCN(S(=O)(=O)CC2CC2)CC1. The number of sulfonamides is 1. The van der Waals surface area contributed by atoms with Gasteiger partial charge < -0.3 is 0 Å². The Bertz CT molecular complexity index is 419. The summed E-state index contributed by atoms with van der Waals surface area (Å²) in [7, 11) is -3.04. The highest BCUT2D eigenvalue weighted by Crippen LogP contribution is 2.32. The minimum atomic E-state index is -3.04. The summed E-state index contributed by atoms with van der Waals surface area (Å²) in [6.07, 6.45) is 5.08. The van der Waals surface area contributed by atoms with Gasteiger partial charge in [-0.1, -0.05) is 5.57 Å². The van der Waals surface area contributed by atoms with Crippen molar-refractivity contribution in [3.8, 4) is 6.07 Å². The molecule has 0 bridgehead atoms. The van der Waals surface area contributed by atoms with E-state index in [0.717, 1.165) is 18.4 Å². The molecule has 1 aliphatic carbocycles. The van der Waals surface area contributed by atoms with Gasteiger partial charge >= 0.3 is 0 Å². The zero-order valence-electron chi connectivity index (χ0n) is 9.22. The average molecular weight is 240 g/mol. The van der Waals surface area contributed by atoms with Crippen molar-refractivity contribution in [2.24, 2.45) is 5.92 Å². The summed E-state index contributed by atoms with van der Waals surface area (Å²) in [5, 5.41) is 8.51. The molecule has 0 radical (unpaired) electrons. The zero-order valence-corrected chi connectivity index (χ0v) is 10.0. The van der Waals surface area contributed by atoms with Crippen LogP contribution in [0.3, 0.4) is 0 Å². The van der Waals surface area contributed by atoms with E-state index < -0.39 is 10.0 Å². The van der Waals surface area contributed by atoms with Crippen LogP contribution >= 0.6 is 0 Å². The molecule has 4 nitrogen and oxygen atoms in total. The van der Waals surface area contributed by atoms with Crippen molar-refractivity contribution < 1.29 is 8.42 Å². The summed E-state index contributed by atoms with van der Waals surface area (Å²) in [4.78, 5) is 0. The lowest BCUT2D eigenvalue weighted by Crippen LogP contribution is -2.38. The fourth-order valence-electron chi connectivity index (χ4n) is 1.97. The fourth-order valence-corrected chi connectivity index (χ4v) is 3.85. The Kier molecular flexibility index (Phi) is 3.31. The molecule has 0 atom stereocenters. The summed E-state index contributed by atoms with van der Waals surface area (Å²) in [6, 6.07) is 2.00. The van der Waals surface area contributed by atoms with Gasteiger partial charge in [-0.05, 0) is 31.6 Å². The third kappa shape index (κ3) is 2.83. The molecular weight excluding hydrogens is 224 g/mol. The molecule has 0 amide bonds. The average Bonchev–Trinajstić information content (AvgIpc) is 3.02. The first-order valence-electron chi connectivity index (χ1n) is 5.67.